The van der Waals surface area contributed by atoms with E-state index in [9.17, 15) is 9.90 Å². The van der Waals surface area contributed by atoms with Gasteiger partial charge >= 0.3 is 6.09 Å². The number of rotatable bonds is 9. The number of benzene rings is 1. The smallest absolute Gasteiger partial charge is 0.411 e. The van der Waals surface area contributed by atoms with Crippen LogP contribution in [0.5, 0.6) is 5.75 Å². The number of nitrogens with one attached hydrogen (secondary N) is 2. The van der Waals surface area contributed by atoms with Gasteiger partial charge < -0.3 is 20.3 Å². The van der Waals surface area contributed by atoms with Gasteiger partial charge in [0.15, 0.2) is 5.82 Å². The fraction of sp³-hybridized carbons (Fsp3) is 0.368. The third-order valence-electron chi connectivity index (χ3n) is 4.38. The van der Waals surface area contributed by atoms with Gasteiger partial charge in [-0.25, -0.2) is 9.78 Å². The van der Waals surface area contributed by atoms with Gasteiger partial charge in [0, 0.05) is 12.1 Å². The molecule has 0 radical (unpaired) electrons. The molecule has 4 N–H and O–H groups in total. The van der Waals surface area contributed by atoms with Crippen LogP contribution in [-0.2, 0) is 13.2 Å². The Balaban J connectivity index is 2.03. The molecule has 10 heteroatoms. The summed E-state index contributed by atoms with van der Waals surface area (Å²) in [7, 11) is 1.59. The number of aliphatic hydroxyl groups excluding tert-OH is 1. The Morgan fingerprint density at radius 1 is 1.31 bits per heavy atom. The molecule has 3 aromatic rings. The second-order valence-electron chi connectivity index (χ2n) is 6.45. The minimum absolute atomic E-state index is 0.0107. The number of ether oxygens (including phenoxy) is 1. The molecular weight excluding hydrogens is 376 g/mol. The number of aromatic nitrogens is 4. The van der Waals surface area contributed by atoms with Gasteiger partial charge in [0.2, 0.25) is 5.95 Å². The minimum Gasteiger partial charge on any atom is -0.496 e. The Morgan fingerprint density at radius 3 is 2.83 bits per heavy atom. The number of hydrogen-bond acceptors (Lipinski definition) is 7. The zero-order valence-electron chi connectivity index (χ0n) is 16.3. The lowest BCUT2D eigenvalue weighted by atomic mass is 10.1. The van der Waals surface area contributed by atoms with E-state index in [2.05, 4.69) is 32.6 Å². The Kier molecular flexibility index (Phi) is 6.45. The molecule has 1 amide bonds. The first kappa shape index (κ1) is 20.3. The van der Waals surface area contributed by atoms with Crippen LogP contribution in [0.4, 0.5) is 16.6 Å². The topological polar surface area (TPSA) is 134 Å². The summed E-state index contributed by atoms with van der Waals surface area (Å²) < 4.78 is 7.16. The first-order valence-electron chi connectivity index (χ1n) is 9.29. The van der Waals surface area contributed by atoms with Gasteiger partial charge in [0.25, 0.3) is 0 Å². The van der Waals surface area contributed by atoms with E-state index >= 15 is 0 Å². The van der Waals surface area contributed by atoms with E-state index in [0.29, 0.717) is 35.7 Å². The van der Waals surface area contributed by atoms with Crippen LogP contribution in [0.3, 0.4) is 0 Å². The number of aliphatic hydroxyl groups is 1. The lowest BCUT2D eigenvalue weighted by Gasteiger charge is -2.13. The monoisotopic (exact) mass is 400 g/mol. The second kappa shape index (κ2) is 9.20. The van der Waals surface area contributed by atoms with E-state index in [1.807, 2.05) is 6.07 Å². The van der Waals surface area contributed by atoms with Crippen molar-refractivity contribution < 1.29 is 19.7 Å². The zero-order chi connectivity index (χ0) is 20.8. The Morgan fingerprint density at radius 2 is 2.14 bits per heavy atom. The van der Waals surface area contributed by atoms with Gasteiger partial charge in [-0.05, 0) is 24.1 Å². The van der Waals surface area contributed by atoms with Crippen LogP contribution in [0.15, 0.2) is 24.4 Å². The lowest BCUT2D eigenvalue weighted by molar-refractivity contribution is 0.209. The Bertz CT molecular complexity index is 1000. The van der Waals surface area contributed by atoms with Crippen LogP contribution in [0, 0.1) is 0 Å². The average Bonchev–Trinajstić information content (AvgIpc) is 3.10. The van der Waals surface area contributed by atoms with E-state index in [4.69, 9.17) is 9.84 Å². The molecule has 154 valence electrons. The number of amides is 1. The molecule has 10 nitrogen and oxygen atoms in total. The van der Waals surface area contributed by atoms with Gasteiger partial charge in [-0.15, -0.1) is 0 Å². The van der Waals surface area contributed by atoms with E-state index in [-0.39, 0.29) is 12.6 Å². The van der Waals surface area contributed by atoms with Crippen molar-refractivity contribution in [1.29, 1.82) is 0 Å². The van der Waals surface area contributed by atoms with E-state index in [1.54, 1.807) is 30.1 Å². The van der Waals surface area contributed by atoms with Crippen LogP contribution < -0.4 is 15.4 Å². The normalized spacial score (nSPS) is 10.9. The Labute approximate surface area is 167 Å². The summed E-state index contributed by atoms with van der Waals surface area (Å²) in [4.78, 5) is 19.5. The minimum atomic E-state index is -1.23. The number of methoxy groups -OCH3 is 1. The van der Waals surface area contributed by atoms with Crippen molar-refractivity contribution in [2.75, 3.05) is 24.3 Å². The van der Waals surface area contributed by atoms with Gasteiger partial charge in [0.05, 0.1) is 26.5 Å². The molecule has 2 heterocycles. The highest BCUT2D eigenvalue weighted by Gasteiger charge is 2.16. The first-order chi connectivity index (χ1) is 14.0. The van der Waals surface area contributed by atoms with Gasteiger partial charge in [0.1, 0.15) is 16.8 Å². The van der Waals surface area contributed by atoms with Crippen molar-refractivity contribution in [3.63, 3.8) is 0 Å². The third kappa shape index (κ3) is 4.72. The molecule has 0 spiro atoms. The molecule has 2 aromatic heterocycles. The summed E-state index contributed by atoms with van der Waals surface area (Å²) in [5.41, 5.74) is 2.78. The van der Waals surface area contributed by atoms with Crippen LogP contribution >= 0.6 is 0 Å². The van der Waals surface area contributed by atoms with Crippen molar-refractivity contribution >= 4 is 28.9 Å². The fourth-order valence-corrected chi connectivity index (χ4v) is 2.99. The molecule has 0 aliphatic rings. The SMILES string of the molecule is CCCCNc1nc(NC(=O)O)nc2cnn(Cc3cc(CO)ccc3OC)c12. The zero-order valence-corrected chi connectivity index (χ0v) is 16.3. The van der Waals surface area contributed by atoms with Crippen LogP contribution in [0.2, 0.25) is 0 Å². The van der Waals surface area contributed by atoms with E-state index < -0.39 is 6.09 Å². The number of nitrogens with zero attached hydrogens (tertiary/aromatic N) is 4. The standard InChI is InChI=1S/C19H24N6O4/c1-3-4-7-20-17-16-14(22-18(23-17)24-19(27)28)9-21-25(16)10-13-8-12(11-26)5-6-15(13)29-2/h5-6,8-9,26H,3-4,7,10-11H2,1-2H3,(H,27,28)(H2,20,22,23,24). The summed E-state index contributed by atoms with van der Waals surface area (Å²) in [5.74, 6) is 1.17. The first-order valence-corrected chi connectivity index (χ1v) is 9.29. The highest BCUT2D eigenvalue weighted by molar-refractivity contribution is 5.89. The van der Waals surface area contributed by atoms with Crippen LogP contribution in [0.1, 0.15) is 30.9 Å². The molecule has 0 fully saturated rings. The van der Waals surface area contributed by atoms with Gasteiger partial charge in [-0.1, -0.05) is 19.4 Å². The third-order valence-corrected chi connectivity index (χ3v) is 4.38. The quantitative estimate of drug-likeness (QED) is 0.403. The maximum atomic E-state index is 11.0. The van der Waals surface area contributed by atoms with Crippen molar-refractivity contribution in [1.82, 2.24) is 19.7 Å². The van der Waals surface area contributed by atoms with Gasteiger partial charge in [-0.3, -0.25) is 10.00 Å². The molecule has 0 aliphatic heterocycles. The molecule has 0 aliphatic carbocycles. The van der Waals surface area contributed by atoms with Crippen LogP contribution in [-0.4, -0.2) is 49.7 Å². The highest BCUT2D eigenvalue weighted by atomic mass is 16.5. The summed E-state index contributed by atoms with van der Waals surface area (Å²) >= 11 is 0. The molecule has 0 bridgehead atoms. The largest absolute Gasteiger partial charge is 0.496 e. The number of unbranched alkanes of at least 4 members (excludes halogenated alkanes) is 1. The predicted octanol–water partition coefficient (Wildman–Crippen LogP) is 2.68. The Hall–Kier alpha value is -3.40. The van der Waals surface area contributed by atoms with Crippen molar-refractivity contribution in [2.24, 2.45) is 0 Å². The van der Waals surface area contributed by atoms with Crippen LogP contribution in [0.25, 0.3) is 11.0 Å². The number of hydrogen-bond donors (Lipinski definition) is 4. The van der Waals surface area contributed by atoms with E-state index in [1.165, 1.54) is 0 Å². The fourth-order valence-electron chi connectivity index (χ4n) is 2.99. The summed E-state index contributed by atoms with van der Waals surface area (Å²) in [6.45, 7) is 3.06. The molecular formula is C19H24N6O4. The molecule has 3 rings (SSSR count). The summed E-state index contributed by atoms with van der Waals surface area (Å²) in [6, 6.07) is 5.46. The van der Waals surface area contributed by atoms with E-state index in [0.717, 1.165) is 24.0 Å². The summed E-state index contributed by atoms with van der Waals surface area (Å²) in [6.07, 6.45) is 2.28. The molecule has 29 heavy (non-hydrogen) atoms. The number of carbonyl (C=O) groups is 1. The second-order valence-corrected chi connectivity index (χ2v) is 6.45. The maximum absolute atomic E-state index is 11.0. The number of carboxylic acid groups (broad SMARTS) is 1. The van der Waals surface area contributed by atoms with Crippen molar-refractivity contribution in [3.05, 3.63) is 35.5 Å². The maximum Gasteiger partial charge on any atom is 0.411 e. The lowest BCUT2D eigenvalue weighted by Crippen LogP contribution is -2.14. The molecule has 0 saturated carbocycles. The van der Waals surface area contributed by atoms with Gasteiger partial charge in [-0.2, -0.15) is 10.1 Å². The molecule has 0 saturated heterocycles. The predicted molar refractivity (Wildman–Crippen MR) is 108 cm³/mol. The molecule has 0 atom stereocenters. The van der Waals surface area contributed by atoms with Crippen molar-refractivity contribution in [3.8, 4) is 5.75 Å². The molecule has 0 unspecified atom stereocenters. The number of anilines is 2. The average molecular weight is 400 g/mol. The summed E-state index contributed by atoms with van der Waals surface area (Å²) in [5, 5.41) is 28.3. The molecule has 1 aromatic carbocycles. The van der Waals surface area contributed by atoms with Crippen molar-refractivity contribution in [2.45, 2.75) is 32.9 Å². The highest BCUT2D eigenvalue weighted by Crippen LogP contribution is 2.26. The number of fused-ring (bicyclic) bond motifs is 1.